The van der Waals surface area contributed by atoms with Gasteiger partial charge in [0.05, 0.1) is 29.0 Å². The first-order valence-electron chi connectivity index (χ1n) is 14.6. The van der Waals surface area contributed by atoms with E-state index in [-0.39, 0.29) is 18.7 Å². The van der Waals surface area contributed by atoms with Crippen LogP contribution >= 0.6 is 22.7 Å². The van der Waals surface area contributed by atoms with E-state index in [1.807, 2.05) is 60.7 Å². The summed E-state index contributed by atoms with van der Waals surface area (Å²) in [7, 11) is 1.61. The topological polar surface area (TPSA) is 146 Å². The van der Waals surface area contributed by atoms with Crippen LogP contribution in [0.2, 0.25) is 0 Å². The summed E-state index contributed by atoms with van der Waals surface area (Å²) in [6, 6.07) is 17.4. The van der Waals surface area contributed by atoms with Crippen molar-refractivity contribution in [2.45, 2.75) is 57.0 Å². The number of thiazole rings is 2. The van der Waals surface area contributed by atoms with Crippen LogP contribution in [0.1, 0.15) is 33.7 Å². The van der Waals surface area contributed by atoms with E-state index >= 15 is 0 Å². The second kappa shape index (κ2) is 17.8. The molecule has 0 aliphatic carbocycles. The molecule has 11 nitrogen and oxygen atoms in total. The molecule has 4 amide bonds. The summed E-state index contributed by atoms with van der Waals surface area (Å²) in [5.74, 6) is -0.491. The molecule has 2 aromatic carbocycles. The van der Waals surface area contributed by atoms with Crippen LogP contribution in [0.25, 0.3) is 0 Å². The third-order valence-electron chi connectivity index (χ3n) is 7.03. The molecule has 4 rings (SSSR count). The number of amides is 4. The van der Waals surface area contributed by atoms with Crippen LogP contribution in [0.15, 0.2) is 84.1 Å². The Hall–Kier alpha value is -4.33. The van der Waals surface area contributed by atoms with E-state index in [9.17, 15) is 19.5 Å². The Bertz CT molecular complexity index is 1440. The van der Waals surface area contributed by atoms with Crippen molar-refractivity contribution in [2.75, 3.05) is 13.7 Å². The number of benzene rings is 2. The molecule has 0 spiro atoms. The van der Waals surface area contributed by atoms with Gasteiger partial charge in [-0.1, -0.05) is 60.7 Å². The fourth-order valence-corrected chi connectivity index (χ4v) is 5.84. The van der Waals surface area contributed by atoms with Crippen LogP contribution in [0.5, 0.6) is 0 Å². The number of urea groups is 1. The summed E-state index contributed by atoms with van der Waals surface area (Å²) < 4.78 is 5.43. The van der Waals surface area contributed by atoms with Crippen LogP contribution in [0, 0.1) is 0 Å². The molecule has 0 bridgehead atoms. The SMILES string of the molecule is CN(Cc1cncs1)C(=O)N[C@@H](CO)C(=O)N[C@H](CC[C@H](Cc1ccccc1)NC(=O)OCc1cncs1)Cc1ccccc1. The number of alkyl carbamates (subject to hydrolysis) is 1. The molecule has 0 saturated carbocycles. The number of hydrogen-bond acceptors (Lipinski definition) is 9. The zero-order chi connectivity index (χ0) is 31.9. The Morgan fingerprint density at radius 1 is 0.822 bits per heavy atom. The highest BCUT2D eigenvalue weighted by atomic mass is 32.1. The predicted molar refractivity (Wildman–Crippen MR) is 174 cm³/mol. The number of hydrogen-bond donors (Lipinski definition) is 4. The molecule has 45 heavy (non-hydrogen) atoms. The molecule has 0 fully saturated rings. The standard InChI is InChI=1S/C32H38N6O5S2/c1-38(18-27-16-33-21-44-27)31(41)37-29(19-39)30(40)35-25(14-23-8-4-2-5-9-23)12-13-26(15-24-10-6-3-7-11-24)36-32(42)43-20-28-17-34-22-45-28/h2-11,16-17,21-22,25-26,29,39H,12-15,18-20H2,1H3,(H,35,40)(H,36,42)(H,37,41)/t25-,26-,29+/m1/s1. The van der Waals surface area contributed by atoms with Gasteiger partial charge in [-0.05, 0) is 36.8 Å². The van der Waals surface area contributed by atoms with E-state index in [1.165, 1.54) is 27.6 Å². The van der Waals surface area contributed by atoms with Crippen molar-refractivity contribution < 1.29 is 24.2 Å². The highest BCUT2D eigenvalue weighted by molar-refractivity contribution is 7.09. The predicted octanol–water partition coefficient (Wildman–Crippen LogP) is 4.15. The third kappa shape index (κ3) is 11.6. The monoisotopic (exact) mass is 650 g/mol. The van der Waals surface area contributed by atoms with E-state index < -0.39 is 30.7 Å². The summed E-state index contributed by atoms with van der Waals surface area (Å²) in [6.45, 7) is -0.0991. The molecule has 0 radical (unpaired) electrons. The molecule has 2 heterocycles. The number of nitrogens with one attached hydrogen (secondary N) is 3. The fourth-order valence-electron chi connectivity index (χ4n) is 4.69. The lowest BCUT2D eigenvalue weighted by Gasteiger charge is -2.26. The number of aromatic nitrogens is 2. The van der Waals surface area contributed by atoms with Crippen LogP contribution in [-0.4, -0.2) is 69.8 Å². The first-order valence-corrected chi connectivity index (χ1v) is 16.3. The highest BCUT2D eigenvalue weighted by Gasteiger charge is 2.25. The molecule has 4 aromatic rings. The number of ether oxygens (including phenoxy) is 1. The lowest BCUT2D eigenvalue weighted by atomic mass is 9.96. The van der Waals surface area contributed by atoms with Crippen molar-refractivity contribution in [2.24, 2.45) is 0 Å². The van der Waals surface area contributed by atoms with Crippen molar-refractivity contribution in [1.82, 2.24) is 30.8 Å². The van der Waals surface area contributed by atoms with Gasteiger partial charge in [0.1, 0.15) is 12.6 Å². The molecule has 0 saturated heterocycles. The Balaban J connectivity index is 1.40. The zero-order valence-electron chi connectivity index (χ0n) is 25.0. The maximum absolute atomic E-state index is 13.4. The minimum Gasteiger partial charge on any atom is -0.444 e. The van der Waals surface area contributed by atoms with Gasteiger partial charge in [0, 0.05) is 36.4 Å². The Morgan fingerprint density at radius 2 is 1.38 bits per heavy atom. The van der Waals surface area contributed by atoms with Gasteiger partial charge in [-0.15, -0.1) is 22.7 Å². The molecule has 4 N–H and O–H groups in total. The van der Waals surface area contributed by atoms with Crippen LogP contribution in [0.4, 0.5) is 9.59 Å². The highest BCUT2D eigenvalue weighted by Crippen LogP contribution is 2.15. The molecule has 238 valence electrons. The Morgan fingerprint density at radius 3 is 1.91 bits per heavy atom. The minimum atomic E-state index is -1.14. The van der Waals surface area contributed by atoms with Crippen molar-refractivity contribution >= 4 is 40.7 Å². The molecule has 0 aliphatic rings. The Labute approximate surface area is 270 Å². The second-order valence-electron chi connectivity index (χ2n) is 10.6. The number of aliphatic hydroxyl groups is 1. The van der Waals surface area contributed by atoms with E-state index in [0.29, 0.717) is 32.2 Å². The van der Waals surface area contributed by atoms with Crippen LogP contribution < -0.4 is 16.0 Å². The normalized spacial score (nSPS) is 12.8. The first-order chi connectivity index (χ1) is 21.9. The number of carbonyl (C=O) groups excluding carboxylic acids is 3. The van der Waals surface area contributed by atoms with Gasteiger partial charge in [-0.2, -0.15) is 0 Å². The van der Waals surface area contributed by atoms with Crippen LogP contribution in [-0.2, 0) is 35.5 Å². The third-order valence-corrected chi connectivity index (χ3v) is 8.55. The number of aliphatic hydroxyl groups excluding tert-OH is 1. The molecule has 0 unspecified atom stereocenters. The van der Waals surface area contributed by atoms with Gasteiger partial charge < -0.3 is 30.7 Å². The molecular formula is C32H38N6O5S2. The largest absolute Gasteiger partial charge is 0.444 e. The van der Waals surface area contributed by atoms with Gasteiger partial charge in [0.2, 0.25) is 5.91 Å². The summed E-state index contributed by atoms with van der Waals surface area (Å²) in [5, 5.41) is 18.7. The first kappa shape index (κ1) is 33.6. The summed E-state index contributed by atoms with van der Waals surface area (Å²) in [6.07, 6.45) is 4.97. The molecular weight excluding hydrogens is 613 g/mol. The summed E-state index contributed by atoms with van der Waals surface area (Å²) in [5.41, 5.74) is 5.45. The lowest BCUT2D eigenvalue weighted by molar-refractivity contribution is -0.124. The molecule has 2 aromatic heterocycles. The van der Waals surface area contributed by atoms with Crippen molar-refractivity contribution in [3.05, 3.63) is 105 Å². The van der Waals surface area contributed by atoms with E-state index in [0.717, 1.165) is 20.9 Å². The number of carbonyl (C=O) groups is 3. The van der Waals surface area contributed by atoms with Gasteiger partial charge in [-0.3, -0.25) is 14.8 Å². The van der Waals surface area contributed by atoms with Gasteiger partial charge >= 0.3 is 12.1 Å². The number of nitrogens with zero attached hydrogens (tertiary/aromatic N) is 3. The zero-order valence-corrected chi connectivity index (χ0v) is 26.6. The molecule has 0 aliphatic heterocycles. The van der Waals surface area contributed by atoms with E-state index in [2.05, 4.69) is 25.9 Å². The van der Waals surface area contributed by atoms with Gasteiger partial charge in [-0.25, -0.2) is 9.59 Å². The van der Waals surface area contributed by atoms with Crippen LogP contribution in [0.3, 0.4) is 0 Å². The average molecular weight is 651 g/mol. The number of rotatable bonds is 16. The van der Waals surface area contributed by atoms with E-state index in [4.69, 9.17) is 4.74 Å². The Kier molecular flexibility index (Phi) is 13.3. The fraction of sp³-hybridized carbons (Fsp3) is 0.344. The smallest absolute Gasteiger partial charge is 0.407 e. The molecule has 13 heteroatoms. The molecule has 3 atom stereocenters. The van der Waals surface area contributed by atoms with Crippen molar-refractivity contribution in [1.29, 1.82) is 0 Å². The van der Waals surface area contributed by atoms with E-state index in [1.54, 1.807) is 30.5 Å². The minimum absolute atomic E-state index is 0.134. The van der Waals surface area contributed by atoms with Gasteiger partial charge in [0.25, 0.3) is 0 Å². The summed E-state index contributed by atoms with van der Waals surface area (Å²) in [4.78, 5) is 50.1. The van der Waals surface area contributed by atoms with Crippen molar-refractivity contribution in [3.8, 4) is 0 Å². The second-order valence-corrected chi connectivity index (χ2v) is 12.5. The average Bonchev–Trinajstić information content (AvgIpc) is 3.77. The quantitative estimate of drug-likeness (QED) is 0.143. The summed E-state index contributed by atoms with van der Waals surface area (Å²) >= 11 is 2.84. The maximum atomic E-state index is 13.4. The van der Waals surface area contributed by atoms with Crippen molar-refractivity contribution in [3.63, 3.8) is 0 Å². The maximum Gasteiger partial charge on any atom is 0.407 e. The van der Waals surface area contributed by atoms with Gasteiger partial charge in [0.15, 0.2) is 0 Å². The lowest BCUT2D eigenvalue weighted by Crippen LogP contribution is -2.54.